The number of benzene rings is 2. The molecule has 2 aromatic carbocycles. The van der Waals surface area contributed by atoms with E-state index in [0.717, 1.165) is 55.0 Å². The first-order chi connectivity index (χ1) is 17.9. The fourth-order valence-electron chi connectivity index (χ4n) is 4.43. The average molecular weight is 529 g/mol. The normalized spacial score (nSPS) is 13.0. The largest absolute Gasteiger partial charge is 0.494 e. The Hall–Kier alpha value is -2.61. The van der Waals surface area contributed by atoms with Gasteiger partial charge in [0.15, 0.2) is 0 Å². The molecule has 2 N–H and O–H groups in total. The molecule has 0 aliphatic carbocycles. The number of fused-ring (bicyclic) bond motifs is 1. The molecule has 0 radical (unpaired) electrons. The van der Waals surface area contributed by atoms with Gasteiger partial charge in [-0.25, -0.2) is 4.98 Å². The van der Waals surface area contributed by atoms with Gasteiger partial charge in [-0.2, -0.15) is 0 Å². The number of aromatic nitrogens is 2. The third-order valence-corrected chi connectivity index (χ3v) is 6.37. The highest BCUT2D eigenvalue weighted by Crippen LogP contribution is 2.22. The molecule has 7 nitrogen and oxygen atoms in total. The third-order valence-electron chi connectivity index (χ3n) is 6.13. The lowest BCUT2D eigenvalue weighted by atomic mass is 9.97. The lowest BCUT2D eigenvalue weighted by Crippen LogP contribution is -2.30. The molecule has 202 valence electrons. The predicted octanol–water partition coefficient (Wildman–Crippen LogP) is 5.73. The zero-order valence-corrected chi connectivity index (χ0v) is 23.3. The van der Waals surface area contributed by atoms with E-state index in [-0.39, 0.29) is 18.1 Å². The standard InChI is InChI=1S/C29H41ClN4O3/c1-5-14-34-27-19-24(30)11-12-26(27)33-28(34)20-32-29(35)17-21(3)16-23-9-7-10-25(18-23)37-15-8-13-31-22(4)36-6-2/h7,9-12,18-19,21-22,31H,5-6,8,13-17,20H2,1-4H3,(H,32,35). The first-order valence-electron chi connectivity index (χ1n) is 13.4. The van der Waals surface area contributed by atoms with Gasteiger partial charge in [0.25, 0.3) is 0 Å². The second-order valence-corrected chi connectivity index (χ2v) is 9.94. The van der Waals surface area contributed by atoms with E-state index in [9.17, 15) is 4.79 Å². The molecule has 0 fully saturated rings. The third kappa shape index (κ3) is 9.33. The van der Waals surface area contributed by atoms with Crippen molar-refractivity contribution in [2.75, 3.05) is 19.8 Å². The van der Waals surface area contributed by atoms with Gasteiger partial charge in [0, 0.05) is 31.1 Å². The summed E-state index contributed by atoms with van der Waals surface area (Å²) in [5.74, 6) is 1.95. The Morgan fingerprint density at radius 2 is 2.00 bits per heavy atom. The minimum atomic E-state index is 0.0295. The highest BCUT2D eigenvalue weighted by atomic mass is 35.5. The van der Waals surface area contributed by atoms with Crippen molar-refractivity contribution in [3.05, 3.63) is 58.9 Å². The van der Waals surface area contributed by atoms with Crippen molar-refractivity contribution in [1.82, 2.24) is 20.2 Å². The van der Waals surface area contributed by atoms with Crippen molar-refractivity contribution in [1.29, 1.82) is 0 Å². The molecule has 2 unspecified atom stereocenters. The van der Waals surface area contributed by atoms with Crippen LogP contribution in [0, 0.1) is 5.92 Å². The summed E-state index contributed by atoms with van der Waals surface area (Å²) in [7, 11) is 0. The second-order valence-electron chi connectivity index (χ2n) is 9.50. The van der Waals surface area contributed by atoms with E-state index in [0.29, 0.717) is 31.2 Å². The van der Waals surface area contributed by atoms with Gasteiger partial charge in [-0.3, -0.25) is 10.1 Å². The molecule has 1 aromatic heterocycles. The van der Waals surface area contributed by atoms with Crippen molar-refractivity contribution < 1.29 is 14.3 Å². The lowest BCUT2D eigenvalue weighted by Gasteiger charge is -2.15. The number of nitrogens with zero attached hydrogens (tertiary/aromatic N) is 2. The number of halogens is 1. The van der Waals surface area contributed by atoms with Crippen LogP contribution < -0.4 is 15.4 Å². The Morgan fingerprint density at radius 3 is 2.78 bits per heavy atom. The van der Waals surface area contributed by atoms with E-state index in [1.165, 1.54) is 5.56 Å². The van der Waals surface area contributed by atoms with E-state index in [1.54, 1.807) is 0 Å². The predicted molar refractivity (Wildman–Crippen MR) is 150 cm³/mol. The van der Waals surface area contributed by atoms with E-state index in [1.807, 2.05) is 44.2 Å². The molecule has 3 aromatic rings. The zero-order valence-electron chi connectivity index (χ0n) is 22.6. The van der Waals surface area contributed by atoms with Crippen LogP contribution >= 0.6 is 11.6 Å². The topological polar surface area (TPSA) is 77.4 Å². The molecule has 1 heterocycles. The molecule has 0 spiro atoms. The molecular weight excluding hydrogens is 488 g/mol. The summed E-state index contributed by atoms with van der Waals surface area (Å²) < 4.78 is 13.5. The van der Waals surface area contributed by atoms with Crippen molar-refractivity contribution in [3.63, 3.8) is 0 Å². The highest BCUT2D eigenvalue weighted by Gasteiger charge is 2.14. The monoisotopic (exact) mass is 528 g/mol. The molecule has 2 atom stereocenters. The number of aryl methyl sites for hydroxylation is 1. The zero-order chi connectivity index (χ0) is 26.6. The second kappa shape index (κ2) is 15.0. The minimum Gasteiger partial charge on any atom is -0.494 e. The average Bonchev–Trinajstić information content (AvgIpc) is 3.19. The SMILES string of the molecule is CCCn1c(CNC(=O)CC(C)Cc2cccc(OCCCNC(C)OCC)c2)nc2ccc(Cl)cc21. The van der Waals surface area contributed by atoms with E-state index >= 15 is 0 Å². The van der Waals surface area contributed by atoms with Crippen LogP contribution in [0.2, 0.25) is 5.02 Å². The summed E-state index contributed by atoms with van der Waals surface area (Å²) in [6.45, 7) is 11.7. The summed E-state index contributed by atoms with van der Waals surface area (Å²) in [4.78, 5) is 17.4. The summed E-state index contributed by atoms with van der Waals surface area (Å²) in [6.07, 6.45) is 3.20. The number of rotatable bonds is 16. The fraction of sp³-hybridized carbons (Fsp3) is 0.517. The number of amides is 1. The Labute approximate surface area is 225 Å². The van der Waals surface area contributed by atoms with E-state index < -0.39 is 0 Å². The van der Waals surface area contributed by atoms with Crippen LogP contribution in [0.4, 0.5) is 0 Å². The van der Waals surface area contributed by atoms with Gasteiger partial charge in [-0.15, -0.1) is 0 Å². The Kier molecular flexibility index (Phi) is 11.7. The molecule has 0 aliphatic rings. The van der Waals surface area contributed by atoms with E-state index in [2.05, 4.69) is 41.2 Å². The Morgan fingerprint density at radius 1 is 1.16 bits per heavy atom. The van der Waals surface area contributed by atoms with Crippen LogP contribution in [0.15, 0.2) is 42.5 Å². The first kappa shape index (κ1) is 29.0. The van der Waals surface area contributed by atoms with Gasteiger partial charge in [-0.1, -0.05) is 37.6 Å². The molecule has 1 amide bonds. The van der Waals surface area contributed by atoms with Crippen LogP contribution in [-0.4, -0.2) is 41.4 Å². The van der Waals surface area contributed by atoms with Gasteiger partial charge in [0.1, 0.15) is 17.8 Å². The summed E-state index contributed by atoms with van der Waals surface area (Å²) >= 11 is 6.19. The summed E-state index contributed by atoms with van der Waals surface area (Å²) in [6, 6.07) is 13.9. The number of imidazole rings is 1. The summed E-state index contributed by atoms with van der Waals surface area (Å²) in [5.41, 5.74) is 3.07. The Balaban J connectivity index is 1.45. The molecule has 0 saturated carbocycles. The Bertz CT molecular complexity index is 1130. The molecule has 3 rings (SSSR count). The van der Waals surface area contributed by atoms with Crippen molar-refractivity contribution in [2.45, 2.75) is 72.7 Å². The molecule has 0 aliphatic heterocycles. The maximum atomic E-state index is 12.7. The fourth-order valence-corrected chi connectivity index (χ4v) is 4.60. The van der Waals surface area contributed by atoms with Crippen LogP contribution in [-0.2, 0) is 29.0 Å². The van der Waals surface area contributed by atoms with Gasteiger partial charge < -0.3 is 19.4 Å². The van der Waals surface area contributed by atoms with Crippen LogP contribution in [0.25, 0.3) is 11.0 Å². The van der Waals surface area contributed by atoms with Crippen molar-refractivity contribution in [3.8, 4) is 5.75 Å². The van der Waals surface area contributed by atoms with Crippen molar-refractivity contribution >= 4 is 28.5 Å². The molecule has 0 bridgehead atoms. The highest BCUT2D eigenvalue weighted by molar-refractivity contribution is 6.31. The van der Waals surface area contributed by atoms with E-state index in [4.69, 9.17) is 26.1 Å². The molecule has 0 saturated heterocycles. The lowest BCUT2D eigenvalue weighted by molar-refractivity contribution is -0.122. The van der Waals surface area contributed by atoms with Crippen LogP contribution in [0.5, 0.6) is 5.75 Å². The molecule has 8 heteroatoms. The number of hydrogen-bond donors (Lipinski definition) is 2. The smallest absolute Gasteiger partial charge is 0.220 e. The van der Waals surface area contributed by atoms with Gasteiger partial charge in [0.05, 0.1) is 24.2 Å². The maximum absolute atomic E-state index is 12.7. The van der Waals surface area contributed by atoms with Crippen LogP contribution in [0.1, 0.15) is 58.3 Å². The maximum Gasteiger partial charge on any atom is 0.220 e. The van der Waals surface area contributed by atoms with Crippen LogP contribution in [0.3, 0.4) is 0 Å². The molecule has 37 heavy (non-hydrogen) atoms. The number of carbonyl (C=O) groups is 1. The first-order valence-corrected chi connectivity index (χ1v) is 13.8. The molecular formula is C29H41ClN4O3. The number of carbonyl (C=O) groups excluding carboxylic acids is 1. The van der Waals surface area contributed by atoms with Gasteiger partial charge in [0.2, 0.25) is 5.91 Å². The number of hydrogen-bond acceptors (Lipinski definition) is 5. The minimum absolute atomic E-state index is 0.0295. The van der Waals surface area contributed by atoms with Gasteiger partial charge >= 0.3 is 0 Å². The quantitative estimate of drug-likeness (QED) is 0.183. The van der Waals surface area contributed by atoms with Gasteiger partial charge in [-0.05, 0) is 74.9 Å². The van der Waals surface area contributed by atoms with Crippen molar-refractivity contribution in [2.24, 2.45) is 5.92 Å². The number of nitrogens with one attached hydrogen (secondary N) is 2. The number of ether oxygens (including phenoxy) is 2. The summed E-state index contributed by atoms with van der Waals surface area (Å²) in [5, 5.41) is 7.06.